The minimum atomic E-state index is -3.76. The van der Waals surface area contributed by atoms with Crippen LogP contribution in [0.25, 0.3) is 0 Å². The first-order valence-electron chi connectivity index (χ1n) is 8.38. The minimum Gasteiger partial charge on any atom is -0.336 e. The van der Waals surface area contributed by atoms with Gasteiger partial charge >= 0.3 is 0 Å². The average Bonchev–Trinajstić information content (AvgIpc) is 2.59. The van der Waals surface area contributed by atoms with E-state index >= 15 is 0 Å². The molecule has 0 unspecified atom stereocenters. The fourth-order valence-corrected chi connectivity index (χ4v) is 4.52. The maximum absolute atomic E-state index is 13.6. The second-order valence-electron chi connectivity index (χ2n) is 6.49. The number of carbonyl (C=O) groups excluding carboxylic acids is 1. The largest absolute Gasteiger partial charge is 0.336 e. The van der Waals surface area contributed by atoms with Crippen LogP contribution in [0.2, 0.25) is 0 Å². The number of anilines is 1. The van der Waals surface area contributed by atoms with Crippen molar-refractivity contribution in [2.45, 2.75) is 25.9 Å². The highest BCUT2D eigenvalue weighted by molar-refractivity contribution is 7.92. The van der Waals surface area contributed by atoms with E-state index in [2.05, 4.69) is 0 Å². The summed E-state index contributed by atoms with van der Waals surface area (Å²) in [4.78, 5) is 14.6. The van der Waals surface area contributed by atoms with Crippen molar-refractivity contribution < 1.29 is 17.6 Å². The van der Waals surface area contributed by atoms with Crippen molar-refractivity contribution in [1.29, 1.82) is 0 Å². The van der Waals surface area contributed by atoms with E-state index in [1.165, 1.54) is 30.7 Å². The lowest BCUT2D eigenvalue weighted by Crippen LogP contribution is -2.50. The Balaban J connectivity index is 1.88. The van der Waals surface area contributed by atoms with Gasteiger partial charge in [0.2, 0.25) is 15.9 Å². The lowest BCUT2D eigenvalue weighted by Gasteiger charge is -2.35. The van der Waals surface area contributed by atoms with E-state index in [0.29, 0.717) is 13.1 Å². The van der Waals surface area contributed by atoms with Gasteiger partial charge in [-0.05, 0) is 42.7 Å². The topological polar surface area (TPSA) is 57.7 Å². The maximum atomic E-state index is 13.6. The molecule has 1 atom stereocenters. The summed E-state index contributed by atoms with van der Waals surface area (Å²) in [6.07, 6.45) is 1.75. The molecule has 0 aliphatic carbocycles. The number of nitrogens with zero attached hydrogens (tertiary/aromatic N) is 2. The fourth-order valence-electron chi connectivity index (χ4n) is 3.36. The number of rotatable bonds is 4. The molecule has 2 aromatic rings. The molecule has 1 heterocycles. The Morgan fingerprint density at radius 1 is 1.15 bits per heavy atom. The van der Waals surface area contributed by atoms with Crippen LogP contribution in [0.4, 0.5) is 10.1 Å². The second-order valence-corrected chi connectivity index (χ2v) is 8.35. The van der Waals surface area contributed by atoms with Gasteiger partial charge in [0.05, 0.1) is 11.9 Å². The first kappa shape index (κ1) is 18.4. The quantitative estimate of drug-likeness (QED) is 0.824. The highest BCUT2D eigenvalue weighted by Crippen LogP contribution is 2.25. The predicted molar refractivity (Wildman–Crippen MR) is 98.7 cm³/mol. The Kier molecular flexibility index (Phi) is 5.00. The lowest BCUT2D eigenvalue weighted by molar-refractivity contribution is -0.132. The molecule has 0 radical (unpaired) electrons. The van der Waals surface area contributed by atoms with Crippen LogP contribution in [0.1, 0.15) is 18.1 Å². The molecule has 138 valence electrons. The summed E-state index contributed by atoms with van der Waals surface area (Å²) in [5.74, 6) is -0.850. The number of halogens is 1. The normalized spacial score (nSPS) is 15.3. The molecule has 2 aromatic carbocycles. The van der Waals surface area contributed by atoms with Crippen molar-refractivity contribution in [3.8, 4) is 0 Å². The Morgan fingerprint density at radius 3 is 2.50 bits per heavy atom. The molecule has 26 heavy (non-hydrogen) atoms. The van der Waals surface area contributed by atoms with Crippen LogP contribution in [0.3, 0.4) is 0 Å². The Labute approximate surface area is 153 Å². The van der Waals surface area contributed by atoms with Gasteiger partial charge in [-0.25, -0.2) is 12.8 Å². The second kappa shape index (κ2) is 7.07. The van der Waals surface area contributed by atoms with E-state index in [1.54, 1.807) is 4.90 Å². The average molecular weight is 376 g/mol. The first-order valence-corrected chi connectivity index (χ1v) is 10.2. The van der Waals surface area contributed by atoms with Crippen LogP contribution in [0, 0.1) is 5.82 Å². The summed E-state index contributed by atoms with van der Waals surface area (Å²) in [5.41, 5.74) is 2.41. The molecule has 0 saturated carbocycles. The molecule has 0 spiro atoms. The Morgan fingerprint density at radius 2 is 1.85 bits per heavy atom. The summed E-state index contributed by atoms with van der Waals surface area (Å²) in [6.45, 7) is 2.51. The third-order valence-electron chi connectivity index (χ3n) is 4.57. The molecule has 0 bridgehead atoms. The Hall–Kier alpha value is -2.41. The van der Waals surface area contributed by atoms with Crippen molar-refractivity contribution in [3.63, 3.8) is 0 Å². The monoisotopic (exact) mass is 376 g/mol. The molecule has 1 aliphatic heterocycles. The number of hydrogen-bond acceptors (Lipinski definition) is 3. The lowest BCUT2D eigenvalue weighted by atomic mass is 9.99. The molecular formula is C19H21FN2O3S. The summed E-state index contributed by atoms with van der Waals surface area (Å²) < 4.78 is 39.2. The first-order chi connectivity index (χ1) is 12.3. The van der Waals surface area contributed by atoms with E-state index in [-0.39, 0.29) is 11.6 Å². The van der Waals surface area contributed by atoms with Gasteiger partial charge in [-0.2, -0.15) is 0 Å². The summed E-state index contributed by atoms with van der Waals surface area (Å²) in [6, 6.07) is 12.2. The van der Waals surface area contributed by atoms with E-state index in [9.17, 15) is 17.6 Å². The molecule has 0 saturated heterocycles. The zero-order valence-electron chi connectivity index (χ0n) is 14.7. The number of hydrogen-bond donors (Lipinski definition) is 0. The van der Waals surface area contributed by atoms with Gasteiger partial charge in [0.25, 0.3) is 0 Å². The van der Waals surface area contributed by atoms with Gasteiger partial charge in [-0.1, -0.05) is 30.3 Å². The molecule has 0 fully saturated rings. The number of fused-ring (bicyclic) bond motifs is 1. The van der Waals surface area contributed by atoms with Crippen molar-refractivity contribution >= 4 is 21.6 Å². The third-order valence-corrected chi connectivity index (χ3v) is 5.81. The molecule has 7 heteroatoms. The van der Waals surface area contributed by atoms with Crippen LogP contribution in [-0.4, -0.2) is 38.1 Å². The molecule has 0 N–H and O–H groups in total. The molecule has 5 nitrogen and oxygen atoms in total. The molecule has 1 aliphatic rings. The number of sulfonamides is 1. The molecule has 3 rings (SSSR count). The summed E-state index contributed by atoms with van der Waals surface area (Å²) in [7, 11) is -3.76. The highest BCUT2D eigenvalue weighted by Gasteiger charge is 2.33. The highest BCUT2D eigenvalue weighted by atomic mass is 32.2. The molecule has 0 aromatic heterocycles. The van der Waals surface area contributed by atoms with Crippen molar-refractivity contribution in [3.05, 3.63) is 65.5 Å². The van der Waals surface area contributed by atoms with E-state index < -0.39 is 21.9 Å². The van der Waals surface area contributed by atoms with Crippen LogP contribution in [-0.2, 0) is 27.8 Å². The van der Waals surface area contributed by atoms with Gasteiger partial charge in [-0.3, -0.25) is 9.10 Å². The van der Waals surface area contributed by atoms with Crippen molar-refractivity contribution in [1.82, 2.24) is 4.90 Å². The van der Waals surface area contributed by atoms with Crippen LogP contribution >= 0.6 is 0 Å². The SMILES string of the molecule is C[C@@H](C(=O)N1CCc2ccccc2C1)N(c1cccc(F)c1)S(C)(=O)=O. The molecule has 1 amide bonds. The number of carbonyl (C=O) groups is 1. The van der Waals surface area contributed by atoms with Gasteiger partial charge in [0.1, 0.15) is 11.9 Å². The van der Waals surface area contributed by atoms with E-state index in [0.717, 1.165) is 28.6 Å². The van der Waals surface area contributed by atoms with Crippen LogP contribution < -0.4 is 4.31 Å². The van der Waals surface area contributed by atoms with Crippen LogP contribution in [0.5, 0.6) is 0 Å². The van der Waals surface area contributed by atoms with Gasteiger partial charge in [-0.15, -0.1) is 0 Å². The third kappa shape index (κ3) is 3.72. The standard InChI is InChI=1S/C19H21FN2O3S/c1-14(22(26(2,24)25)18-9-5-8-17(20)12-18)19(23)21-11-10-15-6-3-4-7-16(15)13-21/h3-9,12,14H,10-11,13H2,1-2H3/t14-/m0/s1. The van der Waals surface area contributed by atoms with Gasteiger partial charge in [0.15, 0.2) is 0 Å². The number of benzene rings is 2. The number of amides is 1. The van der Waals surface area contributed by atoms with Gasteiger partial charge in [0, 0.05) is 13.1 Å². The van der Waals surface area contributed by atoms with Crippen molar-refractivity contribution in [2.75, 3.05) is 17.1 Å². The van der Waals surface area contributed by atoms with Crippen LogP contribution in [0.15, 0.2) is 48.5 Å². The fraction of sp³-hybridized carbons (Fsp3) is 0.316. The summed E-state index contributed by atoms with van der Waals surface area (Å²) >= 11 is 0. The maximum Gasteiger partial charge on any atom is 0.246 e. The van der Waals surface area contributed by atoms with E-state index in [4.69, 9.17) is 0 Å². The Bertz CT molecular complexity index is 930. The zero-order valence-corrected chi connectivity index (χ0v) is 15.5. The van der Waals surface area contributed by atoms with E-state index in [1.807, 2.05) is 24.3 Å². The van der Waals surface area contributed by atoms with Crippen molar-refractivity contribution in [2.24, 2.45) is 0 Å². The van der Waals surface area contributed by atoms with Gasteiger partial charge < -0.3 is 4.90 Å². The minimum absolute atomic E-state index is 0.144. The smallest absolute Gasteiger partial charge is 0.246 e. The predicted octanol–water partition coefficient (Wildman–Crippen LogP) is 2.57. The zero-order chi connectivity index (χ0) is 18.9. The summed E-state index contributed by atoms with van der Waals surface area (Å²) in [5, 5.41) is 0. The molecular weight excluding hydrogens is 355 g/mol.